The van der Waals surface area contributed by atoms with Gasteiger partial charge in [-0.25, -0.2) is 9.59 Å². The first kappa shape index (κ1) is 22.2. The molecule has 3 atom stereocenters. The number of hydrogen-bond acceptors (Lipinski definition) is 4. The monoisotopic (exact) mass is 344 g/mol. The summed E-state index contributed by atoms with van der Waals surface area (Å²) in [6.07, 6.45) is -0.0367. The van der Waals surface area contributed by atoms with E-state index in [1.54, 1.807) is 34.6 Å². The van der Waals surface area contributed by atoms with Gasteiger partial charge in [-0.3, -0.25) is 4.79 Å². The zero-order chi connectivity index (χ0) is 19.2. The molecule has 0 rings (SSSR count). The Balaban J connectivity index is 5.34. The van der Waals surface area contributed by atoms with Gasteiger partial charge in [0.25, 0.3) is 0 Å². The smallest absolute Gasteiger partial charge is 0.408 e. The molecule has 0 aromatic rings. The summed E-state index contributed by atoms with van der Waals surface area (Å²) in [5.41, 5.74) is -0.680. The molecule has 0 aromatic carbocycles. The quantitative estimate of drug-likeness (QED) is 0.740. The third-order valence-corrected chi connectivity index (χ3v) is 3.80. The summed E-state index contributed by atoms with van der Waals surface area (Å²) >= 11 is 0. The lowest BCUT2D eigenvalue weighted by Gasteiger charge is -2.33. The Kier molecular flexibility index (Phi) is 8.23. The molecule has 0 aliphatic heterocycles. The van der Waals surface area contributed by atoms with E-state index in [2.05, 4.69) is 5.32 Å². The first-order chi connectivity index (χ1) is 10.8. The highest BCUT2D eigenvalue weighted by molar-refractivity contribution is 5.89. The molecule has 7 heteroatoms. The minimum atomic E-state index is -1.07. The van der Waals surface area contributed by atoms with Crippen LogP contribution in [0.3, 0.4) is 0 Å². The summed E-state index contributed by atoms with van der Waals surface area (Å²) < 4.78 is 5.21. The maximum absolute atomic E-state index is 12.8. The number of likely N-dealkylation sites (N-methyl/N-ethyl adjacent to an activating group) is 1. The average molecular weight is 344 g/mol. The van der Waals surface area contributed by atoms with Crippen molar-refractivity contribution in [2.45, 2.75) is 72.6 Å². The summed E-state index contributed by atoms with van der Waals surface area (Å²) in [5, 5.41) is 12.0. The molecule has 7 nitrogen and oxygen atoms in total. The van der Waals surface area contributed by atoms with Gasteiger partial charge in [0.05, 0.1) is 0 Å². The Morgan fingerprint density at radius 1 is 1.17 bits per heavy atom. The second kappa shape index (κ2) is 8.89. The summed E-state index contributed by atoms with van der Waals surface area (Å²) in [4.78, 5) is 37.5. The van der Waals surface area contributed by atoms with Gasteiger partial charge in [0.15, 0.2) is 0 Å². The lowest BCUT2D eigenvalue weighted by atomic mass is 9.96. The van der Waals surface area contributed by atoms with Gasteiger partial charge in [0, 0.05) is 7.05 Å². The highest BCUT2D eigenvalue weighted by Gasteiger charge is 2.36. The van der Waals surface area contributed by atoms with Crippen molar-refractivity contribution in [1.82, 2.24) is 10.2 Å². The zero-order valence-corrected chi connectivity index (χ0v) is 16.0. The number of carboxylic acids is 1. The maximum Gasteiger partial charge on any atom is 0.408 e. The van der Waals surface area contributed by atoms with E-state index in [-0.39, 0.29) is 11.8 Å². The molecule has 0 saturated heterocycles. The average Bonchev–Trinajstić information content (AvgIpc) is 2.40. The van der Waals surface area contributed by atoms with Crippen LogP contribution in [0.15, 0.2) is 0 Å². The predicted molar refractivity (Wildman–Crippen MR) is 91.6 cm³/mol. The number of nitrogens with one attached hydrogen (secondary N) is 1. The van der Waals surface area contributed by atoms with Crippen LogP contribution in [0.25, 0.3) is 0 Å². The van der Waals surface area contributed by atoms with Gasteiger partial charge in [-0.1, -0.05) is 34.1 Å². The third-order valence-electron chi connectivity index (χ3n) is 3.80. The first-order valence-electron chi connectivity index (χ1n) is 8.30. The second-order valence-corrected chi connectivity index (χ2v) is 7.49. The summed E-state index contributed by atoms with van der Waals surface area (Å²) in [7, 11) is 1.45. The van der Waals surface area contributed by atoms with Gasteiger partial charge in [-0.05, 0) is 32.6 Å². The Labute approximate surface area is 144 Å². The van der Waals surface area contributed by atoms with E-state index >= 15 is 0 Å². The number of carbonyl (C=O) groups excluding carboxylic acids is 2. The number of nitrogens with zero attached hydrogens (tertiary/aromatic N) is 1. The number of alkyl carbamates (subject to hydrolysis) is 1. The molecule has 0 aliphatic carbocycles. The summed E-state index contributed by atoms with van der Waals surface area (Å²) in [6.45, 7) is 12.4. The Morgan fingerprint density at radius 3 is 2.00 bits per heavy atom. The number of amides is 2. The molecule has 2 N–H and O–H groups in total. The molecule has 0 aliphatic rings. The van der Waals surface area contributed by atoms with Gasteiger partial charge >= 0.3 is 12.1 Å². The lowest BCUT2D eigenvalue weighted by Crippen LogP contribution is -2.56. The van der Waals surface area contributed by atoms with Crippen molar-refractivity contribution in [3.8, 4) is 0 Å². The Bertz CT molecular complexity index is 456. The normalized spacial score (nSPS) is 15.4. The molecule has 0 spiro atoms. The van der Waals surface area contributed by atoms with E-state index in [1.165, 1.54) is 11.9 Å². The molecular weight excluding hydrogens is 312 g/mol. The van der Waals surface area contributed by atoms with Crippen LogP contribution in [0.5, 0.6) is 0 Å². The molecule has 140 valence electrons. The molecule has 0 bridgehead atoms. The number of aliphatic carboxylic acids is 1. The molecular formula is C17H32N2O5. The molecule has 24 heavy (non-hydrogen) atoms. The van der Waals surface area contributed by atoms with Gasteiger partial charge in [-0.15, -0.1) is 0 Å². The van der Waals surface area contributed by atoms with Crippen LogP contribution in [0.2, 0.25) is 0 Å². The van der Waals surface area contributed by atoms with Crippen LogP contribution in [-0.4, -0.2) is 52.7 Å². The van der Waals surface area contributed by atoms with Gasteiger partial charge < -0.3 is 20.1 Å². The van der Waals surface area contributed by atoms with Gasteiger partial charge in [-0.2, -0.15) is 0 Å². The van der Waals surface area contributed by atoms with Crippen molar-refractivity contribution >= 4 is 18.0 Å². The number of carboxylic acid groups (broad SMARTS) is 1. The minimum absolute atomic E-state index is 0.158. The molecule has 0 aromatic heterocycles. The maximum atomic E-state index is 12.8. The van der Waals surface area contributed by atoms with Gasteiger partial charge in [0.2, 0.25) is 5.91 Å². The van der Waals surface area contributed by atoms with Gasteiger partial charge in [0.1, 0.15) is 17.7 Å². The summed E-state index contributed by atoms with van der Waals surface area (Å²) in [5.74, 6) is -1.91. The molecule has 0 unspecified atom stereocenters. The molecule has 0 saturated carbocycles. The van der Waals surface area contributed by atoms with Crippen LogP contribution in [0.1, 0.15) is 54.9 Å². The second-order valence-electron chi connectivity index (χ2n) is 7.49. The molecule has 0 radical (unpaired) electrons. The molecule has 2 amide bonds. The fraction of sp³-hybridized carbons (Fsp3) is 0.824. The van der Waals surface area contributed by atoms with Crippen molar-refractivity contribution in [2.75, 3.05) is 7.05 Å². The fourth-order valence-corrected chi connectivity index (χ4v) is 2.37. The van der Waals surface area contributed by atoms with Crippen molar-refractivity contribution in [1.29, 1.82) is 0 Å². The van der Waals surface area contributed by atoms with E-state index in [1.807, 2.05) is 13.8 Å². The van der Waals surface area contributed by atoms with Crippen molar-refractivity contribution < 1.29 is 24.2 Å². The Morgan fingerprint density at radius 2 is 1.67 bits per heavy atom. The number of hydrogen-bond donors (Lipinski definition) is 2. The van der Waals surface area contributed by atoms with Crippen LogP contribution in [-0.2, 0) is 14.3 Å². The molecule has 0 heterocycles. The van der Waals surface area contributed by atoms with Crippen molar-refractivity contribution in [2.24, 2.45) is 11.8 Å². The van der Waals surface area contributed by atoms with Crippen LogP contribution >= 0.6 is 0 Å². The fourth-order valence-electron chi connectivity index (χ4n) is 2.37. The standard InChI is InChI=1S/C17H32N2O5/c1-9-11(4)12(18-16(23)24-17(5,6)7)14(20)19(8)13(10(2)3)15(21)22/h10-13H,9H2,1-8H3,(H,18,23)(H,21,22)/t11-,12-,13-/m0/s1. The largest absolute Gasteiger partial charge is 0.480 e. The van der Waals surface area contributed by atoms with Crippen molar-refractivity contribution in [3.05, 3.63) is 0 Å². The predicted octanol–water partition coefficient (Wildman–Crippen LogP) is 2.49. The minimum Gasteiger partial charge on any atom is -0.480 e. The van der Waals surface area contributed by atoms with E-state index in [9.17, 15) is 19.5 Å². The molecule has 0 fully saturated rings. The van der Waals surface area contributed by atoms with E-state index < -0.39 is 35.7 Å². The number of ether oxygens (including phenoxy) is 1. The topological polar surface area (TPSA) is 95.9 Å². The van der Waals surface area contributed by atoms with Crippen LogP contribution in [0.4, 0.5) is 4.79 Å². The zero-order valence-electron chi connectivity index (χ0n) is 16.0. The highest BCUT2D eigenvalue weighted by atomic mass is 16.6. The Hall–Kier alpha value is -1.79. The van der Waals surface area contributed by atoms with E-state index in [4.69, 9.17) is 4.74 Å². The summed E-state index contributed by atoms with van der Waals surface area (Å²) in [6, 6.07) is -1.79. The highest BCUT2D eigenvalue weighted by Crippen LogP contribution is 2.17. The van der Waals surface area contributed by atoms with Crippen molar-refractivity contribution in [3.63, 3.8) is 0 Å². The SMILES string of the molecule is CC[C@H](C)[C@H](NC(=O)OC(C)(C)C)C(=O)N(C)[C@H](C(=O)O)C(C)C. The first-order valence-corrected chi connectivity index (χ1v) is 8.30. The lowest BCUT2D eigenvalue weighted by molar-refractivity contribution is -0.152. The number of carbonyl (C=O) groups is 3. The van der Waals surface area contributed by atoms with E-state index in [0.717, 1.165) is 0 Å². The number of rotatable bonds is 7. The van der Waals surface area contributed by atoms with Crippen LogP contribution < -0.4 is 5.32 Å². The van der Waals surface area contributed by atoms with E-state index in [0.29, 0.717) is 6.42 Å². The third kappa shape index (κ3) is 6.76. The van der Waals surface area contributed by atoms with Crippen LogP contribution in [0, 0.1) is 11.8 Å².